The number of H-pyrrole nitrogens is 1. The van der Waals surface area contributed by atoms with Crippen molar-refractivity contribution in [2.24, 2.45) is 7.05 Å². The molecule has 0 aliphatic carbocycles. The molecule has 0 amide bonds. The van der Waals surface area contributed by atoms with Crippen LogP contribution in [0.25, 0.3) is 28.3 Å². The fraction of sp³-hybridized carbons (Fsp3) is 0.0714. The maximum Gasteiger partial charge on any atom is 0.290 e. The molecule has 0 atom stereocenters. The first-order valence-electron chi connectivity index (χ1n) is 6.68. The van der Waals surface area contributed by atoms with Crippen molar-refractivity contribution < 1.29 is 0 Å². The Balaban J connectivity index is 1.65. The van der Waals surface area contributed by atoms with Crippen LogP contribution in [0, 0.1) is 0 Å². The van der Waals surface area contributed by atoms with Crippen molar-refractivity contribution >= 4 is 0 Å². The minimum Gasteiger partial charge on any atom is -0.268 e. The zero-order valence-corrected chi connectivity index (χ0v) is 11.7. The molecule has 4 aromatic rings. The molecule has 0 aliphatic rings. The molecular formula is C14H12N8. The Labute approximate surface area is 125 Å². The van der Waals surface area contributed by atoms with Gasteiger partial charge in [0.15, 0.2) is 0 Å². The van der Waals surface area contributed by atoms with Gasteiger partial charge in [-0.1, -0.05) is 29.4 Å². The van der Waals surface area contributed by atoms with E-state index in [1.165, 1.54) is 0 Å². The first kappa shape index (κ1) is 12.5. The molecule has 8 heteroatoms. The molecule has 0 saturated carbocycles. The molecule has 0 bridgehead atoms. The third kappa shape index (κ3) is 2.06. The number of nitrogens with one attached hydrogen (secondary N) is 1. The maximum absolute atomic E-state index is 4.24. The molecule has 4 rings (SSSR count). The average molecular weight is 292 g/mol. The zero-order valence-electron chi connectivity index (χ0n) is 11.7. The van der Waals surface area contributed by atoms with Gasteiger partial charge in [-0.15, -0.1) is 5.10 Å². The van der Waals surface area contributed by atoms with Crippen molar-refractivity contribution in [3.8, 4) is 28.3 Å². The number of aryl methyl sites for hydroxylation is 1. The summed E-state index contributed by atoms with van der Waals surface area (Å²) in [6.07, 6.45) is 5.43. The Kier molecular flexibility index (Phi) is 2.78. The molecule has 8 nitrogen and oxygen atoms in total. The fourth-order valence-electron chi connectivity index (χ4n) is 2.33. The summed E-state index contributed by atoms with van der Waals surface area (Å²) >= 11 is 0. The Bertz CT molecular complexity index is 885. The molecule has 0 fully saturated rings. The van der Waals surface area contributed by atoms with Crippen LogP contribution in [0.4, 0.5) is 0 Å². The van der Waals surface area contributed by atoms with Crippen LogP contribution in [0.1, 0.15) is 0 Å². The largest absolute Gasteiger partial charge is 0.290 e. The highest BCUT2D eigenvalue weighted by atomic mass is 15.5. The van der Waals surface area contributed by atoms with Crippen LogP contribution >= 0.6 is 0 Å². The highest BCUT2D eigenvalue weighted by Crippen LogP contribution is 2.24. The van der Waals surface area contributed by atoms with Gasteiger partial charge in [-0.3, -0.25) is 4.68 Å². The molecule has 0 spiro atoms. The van der Waals surface area contributed by atoms with Gasteiger partial charge in [0.1, 0.15) is 0 Å². The highest BCUT2D eigenvalue weighted by Gasteiger charge is 2.07. The van der Waals surface area contributed by atoms with Crippen LogP contribution in [-0.2, 0) is 7.05 Å². The first-order chi connectivity index (χ1) is 10.8. The SMILES string of the molecule is Cn1nccc1-c1ccc(-c2cnn(-c3nn[nH]n3)c2)cc1. The third-order valence-corrected chi connectivity index (χ3v) is 3.46. The van der Waals surface area contributed by atoms with Crippen LogP contribution in [0.15, 0.2) is 48.9 Å². The summed E-state index contributed by atoms with van der Waals surface area (Å²) in [6.45, 7) is 0. The second-order valence-electron chi connectivity index (χ2n) is 4.80. The Hall–Kier alpha value is -3.29. The Morgan fingerprint density at radius 2 is 1.77 bits per heavy atom. The van der Waals surface area contributed by atoms with Gasteiger partial charge in [0.25, 0.3) is 5.95 Å². The van der Waals surface area contributed by atoms with E-state index in [0.29, 0.717) is 5.95 Å². The lowest BCUT2D eigenvalue weighted by molar-refractivity contribution is 0.776. The van der Waals surface area contributed by atoms with Crippen molar-refractivity contribution in [2.75, 3.05) is 0 Å². The first-order valence-corrected chi connectivity index (χ1v) is 6.68. The standard InChI is InChI=1S/C14H12N8/c1-21-13(6-7-15-21)11-4-2-10(3-5-11)12-8-16-22(9-12)14-17-19-20-18-14/h2-9H,1H3,(H,17,18,19,20). The van der Waals surface area contributed by atoms with Crippen LogP contribution in [0.2, 0.25) is 0 Å². The molecule has 1 N–H and O–H groups in total. The van der Waals surface area contributed by atoms with Gasteiger partial charge >= 0.3 is 0 Å². The summed E-state index contributed by atoms with van der Waals surface area (Å²) in [5.74, 6) is 0.415. The van der Waals surface area contributed by atoms with Crippen molar-refractivity contribution in [1.29, 1.82) is 0 Å². The normalized spacial score (nSPS) is 11.0. The van der Waals surface area contributed by atoms with Gasteiger partial charge < -0.3 is 0 Å². The predicted molar refractivity (Wildman–Crippen MR) is 78.9 cm³/mol. The van der Waals surface area contributed by atoms with E-state index >= 15 is 0 Å². The minimum atomic E-state index is 0.415. The van der Waals surface area contributed by atoms with E-state index in [0.717, 1.165) is 22.4 Å². The summed E-state index contributed by atoms with van der Waals surface area (Å²) in [5.41, 5.74) is 4.25. The van der Waals surface area contributed by atoms with Gasteiger partial charge in [0.05, 0.1) is 11.9 Å². The number of nitrogens with zero attached hydrogens (tertiary/aromatic N) is 7. The lowest BCUT2D eigenvalue weighted by Gasteiger charge is -2.03. The summed E-state index contributed by atoms with van der Waals surface area (Å²) in [4.78, 5) is 0. The van der Waals surface area contributed by atoms with Crippen molar-refractivity contribution in [1.82, 2.24) is 40.2 Å². The second-order valence-corrected chi connectivity index (χ2v) is 4.80. The summed E-state index contributed by atoms with van der Waals surface area (Å²) in [7, 11) is 1.93. The molecule has 0 radical (unpaired) electrons. The van der Waals surface area contributed by atoms with E-state index in [-0.39, 0.29) is 0 Å². The number of benzene rings is 1. The molecule has 0 saturated heterocycles. The second kappa shape index (κ2) is 4.92. The van der Waals surface area contributed by atoms with Gasteiger partial charge in [-0.05, 0) is 22.4 Å². The lowest BCUT2D eigenvalue weighted by atomic mass is 10.1. The predicted octanol–water partition coefficient (Wildman–Crippen LogP) is 1.45. The molecule has 3 heterocycles. The van der Waals surface area contributed by atoms with Crippen LogP contribution in [-0.4, -0.2) is 40.2 Å². The van der Waals surface area contributed by atoms with Crippen molar-refractivity contribution in [2.45, 2.75) is 0 Å². The molecule has 108 valence electrons. The monoisotopic (exact) mass is 292 g/mol. The maximum atomic E-state index is 4.24. The third-order valence-electron chi connectivity index (χ3n) is 3.46. The van der Waals surface area contributed by atoms with E-state index in [4.69, 9.17) is 0 Å². The highest BCUT2D eigenvalue weighted by molar-refractivity contribution is 5.68. The fourth-order valence-corrected chi connectivity index (χ4v) is 2.33. The minimum absolute atomic E-state index is 0.415. The number of hydrogen-bond donors (Lipinski definition) is 1. The van der Waals surface area contributed by atoms with Crippen LogP contribution in [0.3, 0.4) is 0 Å². The Morgan fingerprint density at radius 3 is 2.45 bits per heavy atom. The smallest absolute Gasteiger partial charge is 0.268 e. The molecular weight excluding hydrogens is 280 g/mol. The zero-order chi connectivity index (χ0) is 14.9. The van der Waals surface area contributed by atoms with Gasteiger partial charge in [-0.2, -0.15) is 15.4 Å². The molecule has 3 aromatic heterocycles. The van der Waals surface area contributed by atoms with E-state index < -0.39 is 0 Å². The number of aromatic amines is 1. The number of hydrogen-bond acceptors (Lipinski definition) is 5. The molecule has 22 heavy (non-hydrogen) atoms. The topological polar surface area (TPSA) is 90.1 Å². The van der Waals surface area contributed by atoms with E-state index in [2.05, 4.69) is 55.1 Å². The van der Waals surface area contributed by atoms with Crippen LogP contribution in [0.5, 0.6) is 0 Å². The number of tetrazole rings is 1. The average Bonchev–Trinajstić information content (AvgIpc) is 3.28. The van der Waals surface area contributed by atoms with Gasteiger partial charge in [0, 0.05) is 25.0 Å². The molecule has 0 unspecified atom stereocenters. The van der Waals surface area contributed by atoms with Crippen molar-refractivity contribution in [3.63, 3.8) is 0 Å². The van der Waals surface area contributed by atoms with Gasteiger partial charge in [0.2, 0.25) is 0 Å². The lowest BCUT2D eigenvalue weighted by Crippen LogP contribution is -1.96. The van der Waals surface area contributed by atoms with E-state index in [1.54, 1.807) is 17.1 Å². The van der Waals surface area contributed by atoms with Gasteiger partial charge in [-0.25, -0.2) is 4.68 Å². The van der Waals surface area contributed by atoms with Crippen molar-refractivity contribution in [3.05, 3.63) is 48.9 Å². The Morgan fingerprint density at radius 1 is 0.955 bits per heavy atom. The molecule has 0 aliphatic heterocycles. The summed E-state index contributed by atoms with van der Waals surface area (Å²) in [6, 6.07) is 10.2. The van der Waals surface area contributed by atoms with E-state index in [1.807, 2.05) is 24.0 Å². The number of aromatic nitrogens is 8. The van der Waals surface area contributed by atoms with E-state index in [9.17, 15) is 0 Å². The van der Waals surface area contributed by atoms with Crippen LogP contribution < -0.4 is 0 Å². The quantitative estimate of drug-likeness (QED) is 0.617. The molecule has 1 aromatic carbocycles. The summed E-state index contributed by atoms with van der Waals surface area (Å²) in [5, 5.41) is 22.1. The summed E-state index contributed by atoms with van der Waals surface area (Å²) < 4.78 is 3.43. The number of rotatable bonds is 3.